The van der Waals surface area contributed by atoms with Crippen LogP contribution in [0, 0.1) is 5.82 Å². The van der Waals surface area contributed by atoms with Gasteiger partial charge in [-0.1, -0.05) is 29.8 Å². The van der Waals surface area contributed by atoms with Gasteiger partial charge in [-0.3, -0.25) is 9.69 Å². The first-order valence-corrected chi connectivity index (χ1v) is 10.2. The molecule has 2 N–H and O–H groups in total. The number of para-hydroxylation sites is 1. The zero-order valence-corrected chi connectivity index (χ0v) is 17.7. The zero-order chi connectivity index (χ0) is 22.8. The quantitative estimate of drug-likeness (QED) is 0.645. The molecule has 2 aromatic rings. The predicted molar refractivity (Wildman–Crippen MR) is 114 cm³/mol. The smallest absolute Gasteiger partial charge is 0.338 e. The van der Waals surface area contributed by atoms with E-state index in [2.05, 4.69) is 10.6 Å². The van der Waals surface area contributed by atoms with E-state index in [-0.39, 0.29) is 29.4 Å². The number of esters is 1. The van der Waals surface area contributed by atoms with Gasteiger partial charge in [0.1, 0.15) is 24.7 Å². The fourth-order valence-electron chi connectivity index (χ4n) is 3.64. The standard InChI is InChI=1S/C22H19ClFN3O5/c1-2-31-17-6-4-3-5-13(17)20-19-16(11-32-21(19)29)27(22(30)26-20)10-18(28)25-12-7-8-15(24)14(23)9-12/h3-9,20H,2,10-11H2,1H3,(H,25,28)(H,26,30)/t20-/m1/s1. The van der Waals surface area contributed by atoms with Gasteiger partial charge in [0.05, 0.1) is 28.9 Å². The SMILES string of the molecule is CCOc1ccccc1[C@H]1NC(=O)N(CC(=O)Nc2ccc(F)c(Cl)c2)C2=C1C(=O)OC2. The average molecular weight is 460 g/mol. The van der Waals surface area contributed by atoms with Crippen LogP contribution >= 0.6 is 11.6 Å². The Balaban J connectivity index is 1.60. The summed E-state index contributed by atoms with van der Waals surface area (Å²) in [4.78, 5) is 39.1. The van der Waals surface area contributed by atoms with Crippen molar-refractivity contribution < 1.29 is 28.2 Å². The van der Waals surface area contributed by atoms with Gasteiger partial charge in [-0.05, 0) is 31.2 Å². The molecule has 2 aliphatic rings. The molecule has 1 atom stereocenters. The lowest BCUT2D eigenvalue weighted by Crippen LogP contribution is -2.49. The number of rotatable bonds is 6. The Hall–Kier alpha value is -3.59. The van der Waals surface area contributed by atoms with Crippen molar-refractivity contribution in [2.75, 3.05) is 25.1 Å². The fourth-order valence-corrected chi connectivity index (χ4v) is 3.82. The maximum Gasteiger partial charge on any atom is 0.338 e. The molecule has 4 rings (SSSR count). The summed E-state index contributed by atoms with van der Waals surface area (Å²) in [5, 5.41) is 5.18. The molecule has 0 aliphatic carbocycles. The largest absolute Gasteiger partial charge is 0.494 e. The van der Waals surface area contributed by atoms with E-state index in [1.165, 1.54) is 12.1 Å². The minimum Gasteiger partial charge on any atom is -0.494 e. The summed E-state index contributed by atoms with van der Waals surface area (Å²) >= 11 is 5.74. The van der Waals surface area contributed by atoms with Crippen LogP contribution in [0.3, 0.4) is 0 Å². The first kappa shape index (κ1) is 21.6. The molecule has 0 aromatic heterocycles. The van der Waals surface area contributed by atoms with Crippen molar-refractivity contribution in [3.8, 4) is 5.75 Å². The Morgan fingerprint density at radius 1 is 1.31 bits per heavy atom. The molecule has 8 nitrogen and oxygen atoms in total. The van der Waals surface area contributed by atoms with E-state index in [0.29, 0.717) is 23.6 Å². The number of anilines is 1. The number of carbonyl (C=O) groups excluding carboxylic acids is 3. The second kappa shape index (κ2) is 8.88. The lowest BCUT2D eigenvalue weighted by molar-refractivity contribution is -0.136. The van der Waals surface area contributed by atoms with E-state index in [0.717, 1.165) is 11.0 Å². The van der Waals surface area contributed by atoms with Gasteiger partial charge in [0, 0.05) is 11.3 Å². The molecular formula is C22H19ClFN3O5. The van der Waals surface area contributed by atoms with Crippen molar-refractivity contribution in [2.45, 2.75) is 13.0 Å². The first-order chi connectivity index (χ1) is 15.4. The molecule has 0 radical (unpaired) electrons. The summed E-state index contributed by atoms with van der Waals surface area (Å²) in [6, 6.07) is 9.47. The number of cyclic esters (lactones) is 1. The molecule has 2 heterocycles. The monoisotopic (exact) mass is 459 g/mol. The minimum atomic E-state index is -0.773. The maximum atomic E-state index is 13.3. The van der Waals surface area contributed by atoms with Gasteiger partial charge in [-0.2, -0.15) is 0 Å². The van der Waals surface area contributed by atoms with Gasteiger partial charge < -0.3 is 20.1 Å². The fraction of sp³-hybridized carbons (Fsp3) is 0.227. The van der Waals surface area contributed by atoms with Crippen LogP contribution in [0.15, 0.2) is 53.7 Å². The van der Waals surface area contributed by atoms with Crippen molar-refractivity contribution in [3.63, 3.8) is 0 Å². The third-order valence-electron chi connectivity index (χ3n) is 5.03. The Morgan fingerprint density at radius 3 is 2.84 bits per heavy atom. The summed E-state index contributed by atoms with van der Waals surface area (Å²) in [6.45, 7) is 1.73. The number of ether oxygens (including phenoxy) is 2. The van der Waals surface area contributed by atoms with Gasteiger partial charge >= 0.3 is 12.0 Å². The summed E-state index contributed by atoms with van der Waals surface area (Å²) in [6.07, 6.45) is 0. The van der Waals surface area contributed by atoms with Crippen molar-refractivity contribution in [1.82, 2.24) is 10.2 Å². The highest BCUT2D eigenvalue weighted by Crippen LogP contribution is 2.38. The average Bonchev–Trinajstić information content (AvgIpc) is 3.15. The number of benzene rings is 2. The molecule has 2 aliphatic heterocycles. The third-order valence-corrected chi connectivity index (χ3v) is 5.32. The molecule has 32 heavy (non-hydrogen) atoms. The number of hydrogen-bond donors (Lipinski definition) is 2. The molecule has 0 bridgehead atoms. The number of carbonyl (C=O) groups is 3. The van der Waals surface area contributed by atoms with Crippen LogP contribution in [0.5, 0.6) is 5.75 Å². The van der Waals surface area contributed by atoms with Crippen LogP contribution in [-0.4, -0.2) is 42.6 Å². The van der Waals surface area contributed by atoms with E-state index in [1.54, 1.807) is 24.3 Å². The minimum absolute atomic E-state index is 0.134. The number of amides is 3. The predicted octanol–water partition coefficient (Wildman–Crippen LogP) is 3.39. The van der Waals surface area contributed by atoms with Crippen LogP contribution in [0.4, 0.5) is 14.9 Å². The van der Waals surface area contributed by atoms with Crippen molar-refractivity contribution >= 4 is 35.2 Å². The number of hydrogen-bond acceptors (Lipinski definition) is 5. The number of nitrogens with one attached hydrogen (secondary N) is 2. The molecule has 0 fully saturated rings. The van der Waals surface area contributed by atoms with Crippen LogP contribution < -0.4 is 15.4 Å². The van der Waals surface area contributed by atoms with Crippen molar-refractivity contribution in [2.24, 2.45) is 0 Å². The van der Waals surface area contributed by atoms with E-state index in [9.17, 15) is 18.8 Å². The summed E-state index contributed by atoms with van der Waals surface area (Å²) < 4.78 is 24.2. The second-order valence-electron chi connectivity index (χ2n) is 7.05. The summed E-state index contributed by atoms with van der Waals surface area (Å²) in [7, 11) is 0. The summed E-state index contributed by atoms with van der Waals surface area (Å²) in [5.41, 5.74) is 1.44. The highest BCUT2D eigenvalue weighted by Gasteiger charge is 2.43. The highest BCUT2D eigenvalue weighted by atomic mass is 35.5. The number of urea groups is 1. The Labute approximate surface area is 187 Å². The molecule has 3 amide bonds. The molecule has 2 aromatic carbocycles. The van der Waals surface area contributed by atoms with E-state index in [1.807, 2.05) is 6.92 Å². The third kappa shape index (κ3) is 4.11. The van der Waals surface area contributed by atoms with E-state index < -0.39 is 29.8 Å². The Kier molecular flexibility index (Phi) is 6.00. The molecule has 0 saturated heterocycles. The van der Waals surface area contributed by atoms with E-state index in [4.69, 9.17) is 21.1 Å². The van der Waals surface area contributed by atoms with Gasteiger partial charge in [0.25, 0.3) is 0 Å². The van der Waals surface area contributed by atoms with Gasteiger partial charge in [0.15, 0.2) is 0 Å². The summed E-state index contributed by atoms with van der Waals surface area (Å²) in [5.74, 6) is -1.21. The Bertz CT molecular complexity index is 1140. The molecule has 0 saturated carbocycles. The van der Waals surface area contributed by atoms with Crippen LogP contribution in [0.2, 0.25) is 5.02 Å². The van der Waals surface area contributed by atoms with Crippen LogP contribution in [0.1, 0.15) is 18.5 Å². The molecule has 0 spiro atoms. The number of nitrogens with zero attached hydrogens (tertiary/aromatic N) is 1. The second-order valence-corrected chi connectivity index (χ2v) is 7.46. The zero-order valence-electron chi connectivity index (χ0n) is 17.0. The normalized spacial score (nSPS) is 17.6. The first-order valence-electron chi connectivity index (χ1n) is 9.83. The lowest BCUT2D eigenvalue weighted by Gasteiger charge is -2.33. The molecular weight excluding hydrogens is 441 g/mol. The molecule has 166 valence electrons. The number of halogens is 2. The van der Waals surface area contributed by atoms with E-state index >= 15 is 0 Å². The van der Waals surface area contributed by atoms with Gasteiger partial charge in [-0.15, -0.1) is 0 Å². The Morgan fingerprint density at radius 2 is 2.09 bits per heavy atom. The lowest BCUT2D eigenvalue weighted by atomic mass is 9.95. The van der Waals surface area contributed by atoms with Crippen LogP contribution in [-0.2, 0) is 14.3 Å². The van der Waals surface area contributed by atoms with Crippen LogP contribution in [0.25, 0.3) is 0 Å². The van der Waals surface area contributed by atoms with Crippen molar-refractivity contribution in [3.05, 3.63) is 70.1 Å². The molecule has 10 heteroatoms. The van der Waals surface area contributed by atoms with Gasteiger partial charge in [0.2, 0.25) is 5.91 Å². The van der Waals surface area contributed by atoms with Crippen molar-refractivity contribution in [1.29, 1.82) is 0 Å². The highest BCUT2D eigenvalue weighted by molar-refractivity contribution is 6.31. The maximum absolute atomic E-state index is 13.3. The molecule has 0 unspecified atom stereocenters. The van der Waals surface area contributed by atoms with Gasteiger partial charge in [-0.25, -0.2) is 14.0 Å². The topological polar surface area (TPSA) is 97.0 Å².